The molecule has 0 spiro atoms. The molecule has 2 heterocycles. The topological polar surface area (TPSA) is 29.0 Å². The van der Waals surface area contributed by atoms with Crippen LogP contribution >= 0.6 is 0 Å². The Morgan fingerprint density at radius 1 is 1.10 bits per heavy atom. The molecular weight excluding hydrogens is 265 g/mol. The van der Waals surface area contributed by atoms with Crippen LogP contribution in [-0.4, -0.2) is 23.1 Å². The van der Waals surface area contributed by atoms with E-state index in [1.54, 1.807) is 18.5 Å². The van der Waals surface area contributed by atoms with E-state index in [0.29, 0.717) is 5.92 Å². The molecule has 2 aromatic rings. The van der Waals surface area contributed by atoms with Gasteiger partial charge in [0.2, 0.25) is 0 Å². The van der Waals surface area contributed by atoms with E-state index in [9.17, 15) is 4.39 Å². The Hall–Kier alpha value is -1.97. The van der Waals surface area contributed by atoms with E-state index >= 15 is 0 Å². The quantitative estimate of drug-likeness (QED) is 0.848. The van der Waals surface area contributed by atoms with Crippen LogP contribution in [0.25, 0.3) is 0 Å². The lowest BCUT2D eigenvalue weighted by molar-refractivity contribution is 0.626. The maximum absolute atomic E-state index is 13.4. The summed E-state index contributed by atoms with van der Waals surface area (Å²) in [5.41, 5.74) is 4.76. The van der Waals surface area contributed by atoms with Gasteiger partial charge < -0.3 is 4.90 Å². The standard InChI is InChI=1S/C17H18FN3/c18-13-2-1-3-14(10-13)21-8-6-15-16(7-9-21)19-11-20-17(15)12-4-5-12/h1-3,10-12H,4-9H2. The minimum atomic E-state index is -0.173. The number of fused-ring (bicyclic) bond motifs is 1. The zero-order valence-corrected chi connectivity index (χ0v) is 11.9. The van der Waals surface area contributed by atoms with Crippen LogP contribution in [0.15, 0.2) is 30.6 Å². The predicted octanol–water partition coefficient (Wildman–Crippen LogP) is 3.10. The fourth-order valence-electron chi connectivity index (χ4n) is 3.19. The number of hydrogen-bond acceptors (Lipinski definition) is 3. The smallest absolute Gasteiger partial charge is 0.125 e. The molecule has 1 saturated carbocycles. The second-order valence-electron chi connectivity index (χ2n) is 5.93. The second-order valence-corrected chi connectivity index (χ2v) is 5.93. The normalized spacial score (nSPS) is 18.2. The molecule has 4 rings (SSSR count). The molecule has 0 radical (unpaired) electrons. The van der Waals surface area contributed by atoms with Crippen LogP contribution in [0, 0.1) is 5.82 Å². The Balaban J connectivity index is 1.61. The lowest BCUT2D eigenvalue weighted by Crippen LogP contribution is -2.26. The van der Waals surface area contributed by atoms with Gasteiger partial charge in [0, 0.05) is 36.8 Å². The first-order valence-electron chi connectivity index (χ1n) is 7.64. The van der Waals surface area contributed by atoms with E-state index in [0.717, 1.165) is 31.6 Å². The van der Waals surface area contributed by atoms with E-state index in [1.807, 2.05) is 6.07 Å². The average molecular weight is 283 g/mol. The highest BCUT2D eigenvalue weighted by atomic mass is 19.1. The van der Waals surface area contributed by atoms with Gasteiger partial charge in [-0.05, 0) is 43.0 Å². The minimum absolute atomic E-state index is 0.173. The summed E-state index contributed by atoms with van der Waals surface area (Å²) >= 11 is 0. The molecule has 0 saturated heterocycles. The zero-order chi connectivity index (χ0) is 14.2. The molecule has 4 heteroatoms. The average Bonchev–Trinajstić information content (AvgIpc) is 3.33. The monoisotopic (exact) mass is 283 g/mol. The van der Waals surface area contributed by atoms with Crippen molar-refractivity contribution in [3.05, 3.63) is 53.4 Å². The number of benzene rings is 1. The Kier molecular flexibility index (Phi) is 3.09. The summed E-state index contributed by atoms with van der Waals surface area (Å²) in [7, 11) is 0. The number of hydrogen-bond donors (Lipinski definition) is 0. The first kappa shape index (κ1) is 12.7. The summed E-state index contributed by atoms with van der Waals surface area (Å²) in [4.78, 5) is 11.3. The van der Waals surface area contributed by atoms with Gasteiger partial charge in [0.15, 0.2) is 0 Å². The van der Waals surface area contributed by atoms with Gasteiger partial charge in [-0.25, -0.2) is 14.4 Å². The molecule has 3 nitrogen and oxygen atoms in total. The SMILES string of the molecule is Fc1cccc(N2CCc3ncnc(C4CC4)c3CC2)c1. The van der Waals surface area contributed by atoms with Gasteiger partial charge in [-0.2, -0.15) is 0 Å². The maximum Gasteiger partial charge on any atom is 0.125 e. The predicted molar refractivity (Wildman–Crippen MR) is 80.0 cm³/mol. The molecule has 1 fully saturated rings. The molecule has 1 aliphatic carbocycles. The number of anilines is 1. The molecule has 0 unspecified atom stereocenters. The third-order valence-electron chi connectivity index (χ3n) is 4.46. The molecule has 0 N–H and O–H groups in total. The van der Waals surface area contributed by atoms with E-state index in [2.05, 4.69) is 14.9 Å². The molecule has 0 amide bonds. The van der Waals surface area contributed by atoms with Gasteiger partial charge in [0.05, 0.1) is 5.69 Å². The Bertz CT molecular complexity index is 667. The van der Waals surface area contributed by atoms with Gasteiger partial charge in [0.1, 0.15) is 12.1 Å². The van der Waals surface area contributed by atoms with Crippen molar-refractivity contribution >= 4 is 5.69 Å². The molecule has 2 aliphatic rings. The largest absolute Gasteiger partial charge is 0.371 e. The Labute approximate surface area is 123 Å². The lowest BCUT2D eigenvalue weighted by atomic mass is 10.0. The van der Waals surface area contributed by atoms with E-state index in [-0.39, 0.29) is 5.82 Å². The summed E-state index contributed by atoms with van der Waals surface area (Å²) in [5, 5.41) is 0. The van der Waals surface area contributed by atoms with Crippen LogP contribution in [0.5, 0.6) is 0 Å². The van der Waals surface area contributed by atoms with Crippen molar-refractivity contribution in [2.75, 3.05) is 18.0 Å². The number of nitrogens with zero attached hydrogens (tertiary/aromatic N) is 3. The van der Waals surface area contributed by atoms with E-state index in [4.69, 9.17) is 0 Å². The van der Waals surface area contributed by atoms with Crippen molar-refractivity contribution in [2.24, 2.45) is 0 Å². The van der Waals surface area contributed by atoms with Crippen LogP contribution < -0.4 is 4.90 Å². The van der Waals surface area contributed by atoms with Crippen molar-refractivity contribution in [2.45, 2.75) is 31.6 Å². The molecule has 1 aliphatic heterocycles. The minimum Gasteiger partial charge on any atom is -0.371 e. The molecule has 21 heavy (non-hydrogen) atoms. The van der Waals surface area contributed by atoms with Crippen LogP contribution in [0.2, 0.25) is 0 Å². The Morgan fingerprint density at radius 3 is 2.76 bits per heavy atom. The second kappa shape index (κ2) is 5.10. The Morgan fingerprint density at radius 2 is 1.95 bits per heavy atom. The molecule has 0 atom stereocenters. The maximum atomic E-state index is 13.4. The lowest BCUT2D eigenvalue weighted by Gasteiger charge is -2.22. The highest BCUT2D eigenvalue weighted by Gasteiger charge is 2.30. The summed E-state index contributed by atoms with van der Waals surface area (Å²) in [5.74, 6) is 0.482. The highest BCUT2D eigenvalue weighted by molar-refractivity contribution is 5.48. The summed E-state index contributed by atoms with van der Waals surface area (Å²) in [6.45, 7) is 1.79. The van der Waals surface area contributed by atoms with Crippen molar-refractivity contribution in [1.29, 1.82) is 0 Å². The van der Waals surface area contributed by atoms with Crippen molar-refractivity contribution in [1.82, 2.24) is 9.97 Å². The first-order valence-corrected chi connectivity index (χ1v) is 7.64. The van der Waals surface area contributed by atoms with Crippen molar-refractivity contribution < 1.29 is 4.39 Å². The van der Waals surface area contributed by atoms with Gasteiger partial charge >= 0.3 is 0 Å². The van der Waals surface area contributed by atoms with Gasteiger partial charge in [-0.15, -0.1) is 0 Å². The molecule has 1 aromatic carbocycles. The van der Waals surface area contributed by atoms with Gasteiger partial charge in [-0.1, -0.05) is 6.07 Å². The molecule has 1 aromatic heterocycles. The van der Waals surface area contributed by atoms with Crippen molar-refractivity contribution in [3.63, 3.8) is 0 Å². The zero-order valence-electron chi connectivity index (χ0n) is 11.9. The van der Waals surface area contributed by atoms with Crippen LogP contribution in [-0.2, 0) is 12.8 Å². The van der Waals surface area contributed by atoms with E-state index in [1.165, 1.54) is 35.9 Å². The van der Waals surface area contributed by atoms with Crippen LogP contribution in [0.4, 0.5) is 10.1 Å². The molecular formula is C17H18FN3. The number of rotatable bonds is 2. The molecule has 108 valence electrons. The van der Waals surface area contributed by atoms with Crippen molar-refractivity contribution in [3.8, 4) is 0 Å². The highest BCUT2D eigenvalue weighted by Crippen LogP contribution is 2.41. The van der Waals surface area contributed by atoms with Gasteiger partial charge in [-0.3, -0.25) is 0 Å². The first-order chi connectivity index (χ1) is 10.3. The van der Waals surface area contributed by atoms with E-state index < -0.39 is 0 Å². The summed E-state index contributed by atoms with van der Waals surface area (Å²) < 4.78 is 13.4. The third kappa shape index (κ3) is 2.50. The van der Waals surface area contributed by atoms with Crippen LogP contribution in [0.1, 0.15) is 35.7 Å². The fraction of sp³-hybridized carbons (Fsp3) is 0.412. The summed E-state index contributed by atoms with van der Waals surface area (Å²) in [6, 6.07) is 6.86. The van der Waals surface area contributed by atoms with Gasteiger partial charge in [0.25, 0.3) is 0 Å². The van der Waals surface area contributed by atoms with Crippen LogP contribution in [0.3, 0.4) is 0 Å². The third-order valence-corrected chi connectivity index (χ3v) is 4.46. The molecule has 0 bridgehead atoms. The number of aromatic nitrogens is 2. The summed E-state index contributed by atoms with van der Waals surface area (Å²) in [6.07, 6.45) is 6.10. The fourth-order valence-corrected chi connectivity index (χ4v) is 3.19. The number of halogens is 1.